The Kier molecular flexibility index (Phi) is 5.82. The van der Waals surface area contributed by atoms with Gasteiger partial charge in [-0.25, -0.2) is 4.98 Å². The van der Waals surface area contributed by atoms with Crippen molar-refractivity contribution in [2.75, 3.05) is 11.9 Å². The van der Waals surface area contributed by atoms with E-state index < -0.39 is 0 Å². The zero-order valence-electron chi connectivity index (χ0n) is 16.0. The third-order valence-electron chi connectivity index (χ3n) is 5.22. The molecule has 0 atom stereocenters. The van der Waals surface area contributed by atoms with E-state index in [0.29, 0.717) is 32.8 Å². The van der Waals surface area contributed by atoms with E-state index in [9.17, 15) is 9.59 Å². The maximum atomic E-state index is 13.1. The van der Waals surface area contributed by atoms with Crippen molar-refractivity contribution < 1.29 is 4.79 Å². The van der Waals surface area contributed by atoms with Gasteiger partial charge in [-0.15, -0.1) is 6.58 Å². The lowest BCUT2D eigenvalue weighted by atomic mass is 9.94. The molecule has 1 saturated carbocycles. The van der Waals surface area contributed by atoms with Gasteiger partial charge in [0.2, 0.25) is 0 Å². The number of hydrogen-bond acceptors (Lipinski definition) is 6. The first-order valence-electron chi connectivity index (χ1n) is 9.73. The number of carbonyl (C=O) groups excluding carboxylic acids is 1. The zero-order valence-corrected chi connectivity index (χ0v) is 17.6. The molecule has 8 heteroatoms. The Labute approximate surface area is 178 Å². The minimum Gasteiger partial charge on any atom is -0.366 e. The van der Waals surface area contributed by atoms with Crippen LogP contribution in [-0.2, 0) is 4.79 Å². The summed E-state index contributed by atoms with van der Waals surface area (Å²) in [5.41, 5.74) is 0.653. The van der Waals surface area contributed by atoms with Crippen LogP contribution in [0.3, 0.4) is 0 Å². The summed E-state index contributed by atoms with van der Waals surface area (Å²) >= 11 is 6.77. The van der Waals surface area contributed by atoms with Crippen LogP contribution in [0.15, 0.2) is 46.8 Å². The van der Waals surface area contributed by atoms with Crippen LogP contribution in [0, 0.1) is 0 Å². The summed E-state index contributed by atoms with van der Waals surface area (Å²) < 4.78 is 2.05. The molecule has 150 valence electrons. The van der Waals surface area contributed by atoms with Crippen LogP contribution in [0.4, 0.5) is 5.82 Å². The summed E-state index contributed by atoms with van der Waals surface area (Å²) in [5, 5.41) is 3.12. The van der Waals surface area contributed by atoms with Crippen molar-refractivity contribution in [2.45, 2.75) is 38.1 Å². The van der Waals surface area contributed by atoms with Gasteiger partial charge in [0.15, 0.2) is 0 Å². The molecule has 3 heterocycles. The van der Waals surface area contributed by atoms with E-state index in [1.165, 1.54) is 22.6 Å². The third kappa shape index (κ3) is 3.86. The summed E-state index contributed by atoms with van der Waals surface area (Å²) in [6.45, 7) is 4.16. The van der Waals surface area contributed by atoms with Crippen molar-refractivity contribution in [1.82, 2.24) is 14.3 Å². The number of nitrogens with zero attached hydrogens (tertiary/aromatic N) is 3. The Hall–Kier alpha value is -2.45. The molecule has 0 spiro atoms. The van der Waals surface area contributed by atoms with Gasteiger partial charge in [-0.3, -0.25) is 18.9 Å². The normalized spacial score (nSPS) is 19.3. The molecule has 0 aromatic carbocycles. The number of nitrogens with one attached hydrogen (secondary N) is 1. The number of hydrogen-bond donors (Lipinski definition) is 1. The van der Waals surface area contributed by atoms with Gasteiger partial charge in [-0.2, -0.15) is 0 Å². The summed E-state index contributed by atoms with van der Waals surface area (Å²) in [6.07, 6.45) is 10.4. The van der Waals surface area contributed by atoms with Crippen molar-refractivity contribution >= 4 is 51.7 Å². The van der Waals surface area contributed by atoms with E-state index in [1.54, 1.807) is 35.4 Å². The number of aromatic nitrogens is 2. The number of thioether (sulfide) groups is 1. The summed E-state index contributed by atoms with van der Waals surface area (Å²) in [7, 11) is 0. The summed E-state index contributed by atoms with van der Waals surface area (Å²) in [4.78, 5) is 33.0. The molecule has 0 radical (unpaired) electrons. The van der Waals surface area contributed by atoms with Gasteiger partial charge >= 0.3 is 0 Å². The van der Waals surface area contributed by atoms with E-state index in [-0.39, 0.29) is 17.5 Å². The van der Waals surface area contributed by atoms with Crippen LogP contribution in [0.2, 0.25) is 0 Å². The first-order valence-corrected chi connectivity index (χ1v) is 11.0. The maximum absolute atomic E-state index is 13.1. The molecular weight excluding hydrogens is 404 g/mol. The molecule has 2 aliphatic rings. The van der Waals surface area contributed by atoms with Crippen molar-refractivity contribution in [3.63, 3.8) is 0 Å². The Morgan fingerprint density at radius 3 is 2.83 bits per heavy atom. The minimum atomic E-state index is -0.231. The lowest BCUT2D eigenvalue weighted by molar-refractivity contribution is -0.124. The molecule has 2 aromatic heterocycles. The Bertz CT molecular complexity index is 1070. The van der Waals surface area contributed by atoms with Crippen molar-refractivity contribution in [3.05, 3.63) is 57.9 Å². The van der Waals surface area contributed by atoms with Gasteiger partial charge in [0.1, 0.15) is 15.8 Å². The topological polar surface area (TPSA) is 66.7 Å². The fourth-order valence-corrected chi connectivity index (χ4v) is 5.18. The Morgan fingerprint density at radius 2 is 2.07 bits per heavy atom. The largest absolute Gasteiger partial charge is 0.366 e. The molecule has 0 unspecified atom stereocenters. The average Bonchev–Trinajstić information content (AvgIpc) is 3.02. The van der Waals surface area contributed by atoms with Crippen LogP contribution >= 0.6 is 24.0 Å². The second kappa shape index (κ2) is 8.51. The minimum absolute atomic E-state index is 0.112. The number of rotatable bonds is 5. The molecule has 6 nitrogen and oxygen atoms in total. The van der Waals surface area contributed by atoms with Crippen LogP contribution in [0.1, 0.15) is 37.7 Å². The van der Waals surface area contributed by atoms with Crippen LogP contribution < -0.4 is 10.9 Å². The van der Waals surface area contributed by atoms with Gasteiger partial charge in [0.05, 0.1) is 10.5 Å². The second-order valence-corrected chi connectivity index (χ2v) is 8.80. The maximum Gasteiger partial charge on any atom is 0.267 e. The lowest BCUT2D eigenvalue weighted by Crippen LogP contribution is -2.39. The first-order chi connectivity index (χ1) is 14.1. The molecule has 1 N–H and O–H groups in total. The quantitative estimate of drug-likeness (QED) is 0.445. The Morgan fingerprint density at radius 1 is 1.28 bits per heavy atom. The van der Waals surface area contributed by atoms with Crippen molar-refractivity contribution in [2.24, 2.45) is 0 Å². The first kappa shape index (κ1) is 19.8. The number of thiocarbonyl (C=S) groups is 1. The molecular formula is C21H22N4O2S2. The highest BCUT2D eigenvalue weighted by Gasteiger charge is 2.37. The van der Waals surface area contributed by atoms with Gasteiger partial charge in [-0.1, -0.05) is 55.4 Å². The summed E-state index contributed by atoms with van der Waals surface area (Å²) in [6, 6.07) is 5.54. The zero-order chi connectivity index (χ0) is 20.4. The molecule has 1 aliphatic carbocycles. The fourth-order valence-electron chi connectivity index (χ4n) is 3.80. The van der Waals surface area contributed by atoms with E-state index >= 15 is 0 Å². The van der Waals surface area contributed by atoms with Gasteiger partial charge in [0, 0.05) is 18.8 Å². The number of anilines is 1. The molecule has 1 aliphatic heterocycles. The SMILES string of the molecule is C=CCNc1nc2ccccn2c(=O)c1/C=C1/SC(=S)N(C2CCCCC2)C1=O. The molecule has 1 saturated heterocycles. The number of amides is 1. The highest BCUT2D eigenvalue weighted by molar-refractivity contribution is 8.26. The molecule has 29 heavy (non-hydrogen) atoms. The average molecular weight is 427 g/mol. The number of fused-ring (bicyclic) bond motifs is 1. The van der Waals surface area contributed by atoms with Gasteiger partial charge in [-0.05, 0) is 31.1 Å². The highest BCUT2D eigenvalue weighted by Crippen LogP contribution is 2.37. The van der Waals surface area contributed by atoms with E-state index in [4.69, 9.17) is 12.2 Å². The molecule has 2 fully saturated rings. The van der Waals surface area contributed by atoms with E-state index in [0.717, 1.165) is 25.7 Å². The number of carbonyl (C=O) groups is 1. The molecule has 0 bridgehead atoms. The number of pyridine rings is 1. The fraction of sp³-hybridized carbons (Fsp3) is 0.333. The van der Waals surface area contributed by atoms with Crippen molar-refractivity contribution in [3.8, 4) is 0 Å². The summed E-state index contributed by atoms with van der Waals surface area (Å²) in [5.74, 6) is 0.322. The highest BCUT2D eigenvalue weighted by atomic mass is 32.2. The molecule has 2 aromatic rings. The predicted molar refractivity (Wildman–Crippen MR) is 122 cm³/mol. The van der Waals surface area contributed by atoms with E-state index in [1.807, 2.05) is 6.07 Å². The van der Waals surface area contributed by atoms with E-state index in [2.05, 4.69) is 16.9 Å². The molecule has 1 amide bonds. The second-order valence-electron chi connectivity index (χ2n) is 7.12. The van der Waals surface area contributed by atoms with Crippen LogP contribution in [0.5, 0.6) is 0 Å². The van der Waals surface area contributed by atoms with Crippen LogP contribution in [0.25, 0.3) is 11.7 Å². The Balaban J connectivity index is 1.76. The molecule has 4 rings (SSSR count). The van der Waals surface area contributed by atoms with Gasteiger partial charge < -0.3 is 5.32 Å². The van der Waals surface area contributed by atoms with Gasteiger partial charge in [0.25, 0.3) is 11.5 Å². The third-order valence-corrected chi connectivity index (χ3v) is 6.55. The smallest absolute Gasteiger partial charge is 0.267 e. The monoisotopic (exact) mass is 426 g/mol. The standard InChI is InChI=1S/C21H22N4O2S2/c1-2-11-22-18-15(19(26)24-12-7-6-10-17(24)23-18)13-16-20(27)25(21(28)29-16)14-8-4-3-5-9-14/h2,6-7,10,12-14,22H,1,3-5,8-9,11H2/b16-13+. The van der Waals surface area contributed by atoms with Crippen LogP contribution in [-0.4, -0.2) is 37.1 Å². The predicted octanol–water partition coefficient (Wildman–Crippen LogP) is 3.83. The lowest BCUT2D eigenvalue weighted by Gasteiger charge is -2.29. The van der Waals surface area contributed by atoms with Crippen molar-refractivity contribution in [1.29, 1.82) is 0 Å².